The standard InChI is InChI=1S/C48H61NO12/c1-26-23-33-47(25-56-33,59-29(4)50)37-39(58-40(52)31-21-17-14-18-22-31)48(55)24-32(27(2)34(44(48,8)9)28(3)38(51)46(26,37)12)57-41(53)36-35(30-19-15-13-16-20-30)49(45(10,11)60-36)42(54)61-43(5,6)7/h13-22,26,28,32-33,35-37,39,55H,23-25H2,1-12H3/t26-,28+,32-,33+,35+,36+,37?,39?,46+,47-,48+/m0/s1. The van der Waals surface area contributed by atoms with Crippen LogP contribution in [-0.2, 0) is 42.8 Å². The second kappa shape index (κ2) is 15.0. The van der Waals surface area contributed by atoms with Gasteiger partial charge in [-0.05, 0) is 82.7 Å². The van der Waals surface area contributed by atoms with Crippen LogP contribution in [0.25, 0.3) is 0 Å². The van der Waals surface area contributed by atoms with Gasteiger partial charge in [-0.2, -0.15) is 0 Å². The molecule has 2 aromatic rings. The van der Waals surface area contributed by atoms with Gasteiger partial charge < -0.3 is 33.5 Å². The van der Waals surface area contributed by atoms with Crippen molar-refractivity contribution in [1.82, 2.24) is 4.90 Å². The summed E-state index contributed by atoms with van der Waals surface area (Å²) in [4.78, 5) is 73.1. The Bertz CT molecular complexity index is 2130. The van der Waals surface area contributed by atoms with Gasteiger partial charge in [0.1, 0.15) is 47.1 Å². The van der Waals surface area contributed by atoms with Crippen LogP contribution >= 0.6 is 0 Å². The summed E-state index contributed by atoms with van der Waals surface area (Å²) in [6.07, 6.45) is -5.19. The van der Waals surface area contributed by atoms with Gasteiger partial charge in [0.15, 0.2) is 11.7 Å². The lowest BCUT2D eigenvalue weighted by molar-refractivity contribution is -0.339. The zero-order chi connectivity index (χ0) is 44.8. The molecule has 2 heterocycles. The number of esters is 3. The molecule has 2 aliphatic heterocycles. The van der Waals surface area contributed by atoms with Crippen molar-refractivity contribution in [2.24, 2.45) is 28.6 Å². The zero-order valence-electron chi connectivity index (χ0n) is 37.4. The van der Waals surface area contributed by atoms with Gasteiger partial charge in [-0.15, -0.1) is 0 Å². The molecule has 0 radical (unpaired) electrons. The van der Waals surface area contributed by atoms with E-state index in [1.54, 1.807) is 103 Å². The molecule has 3 aliphatic carbocycles. The van der Waals surface area contributed by atoms with Crippen molar-refractivity contribution < 1.29 is 57.5 Å². The highest BCUT2D eigenvalue weighted by Crippen LogP contribution is 2.66. The molecule has 5 aliphatic rings. The molecule has 2 bridgehead atoms. The van der Waals surface area contributed by atoms with Crippen molar-refractivity contribution >= 4 is 29.8 Å². The third-order valence-electron chi connectivity index (χ3n) is 14.5. The van der Waals surface area contributed by atoms with E-state index in [2.05, 4.69) is 0 Å². The fraction of sp³-hybridized carbons (Fsp3) is 0.604. The van der Waals surface area contributed by atoms with E-state index in [9.17, 15) is 24.3 Å². The van der Waals surface area contributed by atoms with Crippen LogP contribution in [0.2, 0.25) is 0 Å². The third-order valence-corrected chi connectivity index (χ3v) is 14.5. The van der Waals surface area contributed by atoms with Crippen LogP contribution in [0.15, 0.2) is 71.8 Å². The Labute approximate surface area is 358 Å². The molecule has 2 aromatic carbocycles. The van der Waals surface area contributed by atoms with E-state index >= 15 is 4.79 Å². The van der Waals surface area contributed by atoms with Gasteiger partial charge in [-0.3, -0.25) is 14.5 Å². The van der Waals surface area contributed by atoms with E-state index in [0.29, 0.717) is 23.1 Å². The van der Waals surface area contributed by atoms with E-state index in [0.717, 1.165) is 0 Å². The summed E-state index contributed by atoms with van der Waals surface area (Å²) in [5.41, 5.74) is -6.29. The molecule has 0 aromatic heterocycles. The first-order valence-electron chi connectivity index (χ1n) is 21.3. The van der Waals surface area contributed by atoms with E-state index in [4.69, 9.17) is 28.4 Å². The number of carbonyl (C=O) groups excluding carboxylic acids is 5. The minimum absolute atomic E-state index is 0.0776. The first-order valence-corrected chi connectivity index (χ1v) is 21.3. The van der Waals surface area contributed by atoms with E-state index in [1.165, 1.54) is 11.8 Å². The predicted molar refractivity (Wildman–Crippen MR) is 222 cm³/mol. The minimum atomic E-state index is -2.04. The average molecular weight is 844 g/mol. The fourth-order valence-electron chi connectivity index (χ4n) is 11.5. The summed E-state index contributed by atoms with van der Waals surface area (Å²) in [7, 11) is 0. The molecule has 11 atom stereocenters. The van der Waals surface area contributed by atoms with Crippen molar-refractivity contribution in [2.75, 3.05) is 6.61 Å². The van der Waals surface area contributed by atoms with Crippen LogP contribution < -0.4 is 0 Å². The number of amides is 1. The van der Waals surface area contributed by atoms with Gasteiger partial charge >= 0.3 is 24.0 Å². The number of hydrogen-bond acceptors (Lipinski definition) is 12. The van der Waals surface area contributed by atoms with Crippen molar-refractivity contribution in [3.05, 3.63) is 82.9 Å². The van der Waals surface area contributed by atoms with E-state index in [1.807, 2.05) is 33.8 Å². The number of carbonyl (C=O) groups is 5. The van der Waals surface area contributed by atoms with E-state index < -0.39 is 99.7 Å². The van der Waals surface area contributed by atoms with Gasteiger partial charge in [-0.25, -0.2) is 14.4 Å². The lowest BCUT2D eigenvalue weighted by Crippen LogP contribution is -2.80. The Hall–Kier alpha value is -4.59. The number of aliphatic hydroxyl groups is 1. The minimum Gasteiger partial charge on any atom is -0.456 e. The SMILES string of the molecule is CC(=O)O[C@@]12CO[C@@H]1C[C@H](C)[C@@]1(C)C(=O)[C@H](C)C3=C(C)[C@@H](OC(=O)[C@@H]4OC(C)(C)N(C(=O)OC(C)(C)C)[C@@H]4c4ccccc4)C[C@@](O)(C(OC(=O)c4ccccc4)C12)C3(C)C. The highest BCUT2D eigenvalue weighted by Gasteiger charge is 2.77. The number of ether oxygens (including phenoxy) is 6. The monoisotopic (exact) mass is 843 g/mol. The molecule has 13 nitrogen and oxygen atoms in total. The Kier molecular flexibility index (Phi) is 11.0. The van der Waals surface area contributed by atoms with Crippen LogP contribution in [0.5, 0.6) is 0 Å². The first-order chi connectivity index (χ1) is 28.3. The number of rotatable bonds is 6. The molecule has 330 valence electrons. The van der Waals surface area contributed by atoms with Crippen molar-refractivity contribution in [3.63, 3.8) is 0 Å². The smallest absolute Gasteiger partial charge is 0.413 e. The van der Waals surface area contributed by atoms with Gasteiger partial charge in [0.05, 0.1) is 18.1 Å². The molecule has 2 saturated heterocycles. The summed E-state index contributed by atoms with van der Waals surface area (Å²) in [5.74, 6) is -4.61. The molecule has 2 unspecified atom stereocenters. The Balaban J connectivity index is 1.37. The number of ketones is 1. The molecule has 13 heteroatoms. The number of Topliss-reactive ketones (excluding diaryl/α,β-unsaturated/α-hetero) is 1. The Morgan fingerprint density at radius 3 is 2.07 bits per heavy atom. The maximum absolute atomic E-state index is 15.5. The molecular formula is C48H61NO12. The number of hydrogen-bond donors (Lipinski definition) is 1. The van der Waals surface area contributed by atoms with Crippen LogP contribution in [0, 0.1) is 28.6 Å². The summed E-state index contributed by atoms with van der Waals surface area (Å²) < 4.78 is 37.7. The second-order valence-corrected chi connectivity index (χ2v) is 20.0. The highest BCUT2D eigenvalue weighted by atomic mass is 16.6. The van der Waals surface area contributed by atoms with Gasteiger partial charge in [0, 0.05) is 30.1 Å². The third kappa shape index (κ3) is 6.99. The summed E-state index contributed by atoms with van der Waals surface area (Å²) in [6, 6.07) is 16.4. The Morgan fingerprint density at radius 1 is 0.902 bits per heavy atom. The van der Waals surface area contributed by atoms with Crippen LogP contribution in [0.3, 0.4) is 0 Å². The van der Waals surface area contributed by atoms with Crippen molar-refractivity contribution in [2.45, 2.75) is 149 Å². The predicted octanol–water partition coefficient (Wildman–Crippen LogP) is 7.30. The highest BCUT2D eigenvalue weighted by molar-refractivity contribution is 5.92. The molecule has 61 heavy (non-hydrogen) atoms. The molecule has 7 rings (SSSR count). The average Bonchev–Trinajstić information content (AvgIpc) is 3.47. The maximum Gasteiger partial charge on any atom is 0.413 e. The lowest BCUT2D eigenvalue weighted by Gasteiger charge is -2.68. The largest absolute Gasteiger partial charge is 0.456 e. The number of benzene rings is 2. The summed E-state index contributed by atoms with van der Waals surface area (Å²) in [5, 5.41) is 13.8. The quantitative estimate of drug-likeness (QED) is 0.176. The molecule has 0 spiro atoms. The van der Waals surface area contributed by atoms with Crippen molar-refractivity contribution in [1.29, 1.82) is 0 Å². The molecule has 1 amide bonds. The summed E-state index contributed by atoms with van der Waals surface area (Å²) >= 11 is 0. The van der Waals surface area contributed by atoms with Gasteiger partial charge in [0.2, 0.25) is 0 Å². The van der Waals surface area contributed by atoms with Gasteiger partial charge in [0.25, 0.3) is 0 Å². The fourth-order valence-corrected chi connectivity index (χ4v) is 11.5. The lowest BCUT2D eigenvalue weighted by atomic mass is 9.42. The zero-order valence-corrected chi connectivity index (χ0v) is 37.4. The molecule has 1 N–H and O–H groups in total. The first kappa shape index (κ1) is 44.5. The topological polar surface area (TPSA) is 164 Å². The molecule has 4 fully saturated rings. The van der Waals surface area contributed by atoms with E-state index in [-0.39, 0.29) is 30.3 Å². The maximum atomic E-state index is 15.5. The van der Waals surface area contributed by atoms with Crippen LogP contribution in [-0.4, -0.2) is 93.3 Å². The summed E-state index contributed by atoms with van der Waals surface area (Å²) in [6.45, 7) is 20.8. The van der Waals surface area contributed by atoms with Crippen LogP contribution in [0.1, 0.15) is 118 Å². The van der Waals surface area contributed by atoms with Gasteiger partial charge in [-0.1, -0.05) is 83.1 Å². The normalized spacial score (nSPS) is 36.3. The number of nitrogens with zero attached hydrogens (tertiary/aromatic N) is 1. The molecule has 2 saturated carbocycles. The number of fused-ring (bicyclic) bond motifs is 5. The molecular weight excluding hydrogens is 783 g/mol. The Morgan fingerprint density at radius 2 is 1.51 bits per heavy atom. The van der Waals surface area contributed by atoms with Crippen LogP contribution in [0.4, 0.5) is 4.79 Å². The van der Waals surface area contributed by atoms with Crippen molar-refractivity contribution in [3.8, 4) is 0 Å². The second-order valence-electron chi connectivity index (χ2n) is 20.0.